The van der Waals surface area contributed by atoms with E-state index in [1.807, 2.05) is 67.7 Å². The number of piperazine rings is 1. The van der Waals surface area contributed by atoms with E-state index >= 15 is 0 Å². The van der Waals surface area contributed by atoms with E-state index in [9.17, 15) is 4.79 Å². The minimum atomic E-state index is -0.150. The van der Waals surface area contributed by atoms with Crippen LogP contribution in [-0.2, 0) is 0 Å². The first-order valence-electron chi connectivity index (χ1n) is 9.44. The van der Waals surface area contributed by atoms with E-state index in [0.717, 1.165) is 49.1 Å². The summed E-state index contributed by atoms with van der Waals surface area (Å²) in [5.41, 5.74) is 2.49. The van der Waals surface area contributed by atoms with Crippen LogP contribution in [0, 0.1) is 6.92 Å². The molecule has 1 N–H and O–H groups in total. The van der Waals surface area contributed by atoms with Crippen molar-refractivity contribution in [3.05, 3.63) is 78.1 Å². The fraction of sp³-hybridized carbons (Fsp3) is 0.227. The lowest BCUT2D eigenvalue weighted by Crippen LogP contribution is -2.47. The highest BCUT2D eigenvalue weighted by molar-refractivity contribution is 6.04. The predicted octanol–water partition coefficient (Wildman–Crippen LogP) is 3.36. The number of aryl methyl sites for hydroxylation is 1. The van der Waals surface area contributed by atoms with Gasteiger partial charge in [-0.05, 0) is 43.3 Å². The van der Waals surface area contributed by atoms with Crippen molar-refractivity contribution < 1.29 is 4.79 Å². The van der Waals surface area contributed by atoms with Crippen LogP contribution in [0.4, 0.5) is 17.3 Å². The number of nitrogens with one attached hydrogen (secondary N) is 1. The number of benzene rings is 1. The van der Waals surface area contributed by atoms with Crippen LogP contribution in [0.5, 0.6) is 0 Å². The quantitative estimate of drug-likeness (QED) is 0.760. The molecule has 0 spiro atoms. The molecule has 6 heteroatoms. The Balaban J connectivity index is 1.36. The van der Waals surface area contributed by atoms with Gasteiger partial charge in [-0.25, -0.2) is 9.97 Å². The van der Waals surface area contributed by atoms with Crippen molar-refractivity contribution >= 4 is 23.2 Å². The zero-order valence-electron chi connectivity index (χ0n) is 15.9. The highest BCUT2D eigenvalue weighted by atomic mass is 16.1. The molecule has 1 saturated heterocycles. The van der Waals surface area contributed by atoms with E-state index in [1.165, 1.54) is 0 Å². The van der Waals surface area contributed by atoms with E-state index in [2.05, 4.69) is 25.1 Å². The Bertz CT molecular complexity index is 917. The monoisotopic (exact) mass is 373 g/mol. The van der Waals surface area contributed by atoms with Crippen LogP contribution >= 0.6 is 0 Å². The third kappa shape index (κ3) is 4.11. The lowest BCUT2D eigenvalue weighted by atomic mass is 10.2. The van der Waals surface area contributed by atoms with Crippen LogP contribution < -0.4 is 15.1 Å². The molecule has 1 amide bonds. The smallest absolute Gasteiger partial charge is 0.257 e. The molecule has 1 aliphatic rings. The minimum absolute atomic E-state index is 0.150. The third-order valence-corrected chi connectivity index (χ3v) is 4.90. The van der Waals surface area contributed by atoms with Crippen LogP contribution in [0.15, 0.2) is 67.0 Å². The van der Waals surface area contributed by atoms with Crippen molar-refractivity contribution in [2.75, 3.05) is 41.3 Å². The second-order valence-corrected chi connectivity index (χ2v) is 6.89. The van der Waals surface area contributed by atoms with Gasteiger partial charge in [-0.1, -0.05) is 23.8 Å². The first-order chi connectivity index (χ1) is 13.7. The standard InChI is InChI=1S/C22H23N5O/c1-17-5-8-19(9-6-17)25-22(28)18-7-10-21(24-16-18)27-14-12-26(13-15-27)20-4-2-3-11-23-20/h2-11,16H,12-15H2,1H3,(H,25,28). The maximum atomic E-state index is 12.4. The summed E-state index contributed by atoms with van der Waals surface area (Å²) in [6.45, 7) is 5.56. The van der Waals surface area contributed by atoms with Crippen molar-refractivity contribution in [3.63, 3.8) is 0 Å². The van der Waals surface area contributed by atoms with Gasteiger partial charge >= 0.3 is 0 Å². The van der Waals surface area contributed by atoms with E-state index in [1.54, 1.807) is 6.20 Å². The van der Waals surface area contributed by atoms with E-state index in [0.29, 0.717) is 5.56 Å². The summed E-state index contributed by atoms with van der Waals surface area (Å²) in [6.07, 6.45) is 3.47. The molecule has 1 aliphatic heterocycles. The first kappa shape index (κ1) is 18.0. The molecule has 3 heterocycles. The minimum Gasteiger partial charge on any atom is -0.353 e. The number of carbonyl (C=O) groups is 1. The highest BCUT2D eigenvalue weighted by Gasteiger charge is 2.19. The number of carbonyl (C=O) groups excluding carboxylic acids is 1. The summed E-state index contributed by atoms with van der Waals surface area (Å²) in [4.78, 5) is 25.8. The Morgan fingerprint density at radius 1 is 0.857 bits per heavy atom. The molecule has 0 aliphatic carbocycles. The van der Waals surface area contributed by atoms with Gasteiger partial charge in [0.1, 0.15) is 11.6 Å². The molecule has 28 heavy (non-hydrogen) atoms. The molecule has 0 unspecified atom stereocenters. The number of anilines is 3. The maximum absolute atomic E-state index is 12.4. The number of amides is 1. The largest absolute Gasteiger partial charge is 0.353 e. The molecule has 3 aromatic rings. The van der Waals surface area contributed by atoms with Gasteiger partial charge in [-0.2, -0.15) is 0 Å². The van der Waals surface area contributed by atoms with E-state index < -0.39 is 0 Å². The number of hydrogen-bond donors (Lipinski definition) is 1. The molecule has 142 valence electrons. The molecule has 0 atom stereocenters. The number of rotatable bonds is 4. The Morgan fingerprint density at radius 3 is 2.11 bits per heavy atom. The second kappa shape index (κ2) is 8.08. The lowest BCUT2D eigenvalue weighted by molar-refractivity contribution is 0.102. The van der Waals surface area contributed by atoms with E-state index in [4.69, 9.17) is 0 Å². The van der Waals surface area contributed by atoms with Crippen molar-refractivity contribution in [1.82, 2.24) is 9.97 Å². The summed E-state index contributed by atoms with van der Waals surface area (Å²) in [7, 11) is 0. The number of nitrogens with zero attached hydrogens (tertiary/aromatic N) is 4. The predicted molar refractivity (Wildman–Crippen MR) is 112 cm³/mol. The van der Waals surface area contributed by atoms with E-state index in [-0.39, 0.29) is 5.91 Å². The molecule has 1 aromatic carbocycles. The van der Waals surface area contributed by atoms with Gasteiger partial charge < -0.3 is 15.1 Å². The average Bonchev–Trinajstić information content (AvgIpc) is 2.76. The fourth-order valence-electron chi connectivity index (χ4n) is 3.25. The van der Waals surface area contributed by atoms with Crippen molar-refractivity contribution in [2.24, 2.45) is 0 Å². The summed E-state index contributed by atoms with van der Waals surface area (Å²) in [5, 5.41) is 2.90. The SMILES string of the molecule is Cc1ccc(NC(=O)c2ccc(N3CCN(c4ccccn4)CC3)nc2)cc1. The molecule has 1 fully saturated rings. The average molecular weight is 373 g/mol. The number of pyridine rings is 2. The zero-order valence-corrected chi connectivity index (χ0v) is 15.9. The number of hydrogen-bond acceptors (Lipinski definition) is 5. The Hall–Kier alpha value is -3.41. The Labute approximate surface area is 164 Å². The molecule has 0 bridgehead atoms. The van der Waals surface area contributed by atoms with Crippen LogP contribution in [-0.4, -0.2) is 42.1 Å². The molecule has 6 nitrogen and oxygen atoms in total. The highest BCUT2D eigenvalue weighted by Crippen LogP contribution is 2.18. The molecular formula is C22H23N5O. The van der Waals surface area contributed by atoms with Crippen LogP contribution in [0.2, 0.25) is 0 Å². The van der Waals surface area contributed by atoms with Gasteiger partial charge in [-0.3, -0.25) is 4.79 Å². The first-order valence-corrected chi connectivity index (χ1v) is 9.44. The van der Waals surface area contributed by atoms with Crippen molar-refractivity contribution in [1.29, 1.82) is 0 Å². The molecular weight excluding hydrogens is 350 g/mol. The molecule has 0 radical (unpaired) electrons. The summed E-state index contributed by atoms with van der Waals surface area (Å²) in [6, 6.07) is 17.5. The summed E-state index contributed by atoms with van der Waals surface area (Å²) in [5.74, 6) is 1.76. The maximum Gasteiger partial charge on any atom is 0.257 e. The van der Waals surface area contributed by atoms with Gasteiger partial charge in [-0.15, -0.1) is 0 Å². The zero-order chi connectivity index (χ0) is 19.3. The van der Waals surface area contributed by atoms with Gasteiger partial charge in [0, 0.05) is 44.3 Å². The van der Waals surface area contributed by atoms with Gasteiger partial charge in [0.05, 0.1) is 5.56 Å². The Kier molecular flexibility index (Phi) is 5.19. The normalized spacial score (nSPS) is 14.0. The Morgan fingerprint density at radius 2 is 1.54 bits per heavy atom. The fourth-order valence-corrected chi connectivity index (χ4v) is 3.25. The van der Waals surface area contributed by atoms with Crippen LogP contribution in [0.1, 0.15) is 15.9 Å². The van der Waals surface area contributed by atoms with Gasteiger partial charge in [0.25, 0.3) is 5.91 Å². The molecule has 2 aromatic heterocycles. The third-order valence-electron chi connectivity index (χ3n) is 4.90. The van der Waals surface area contributed by atoms with Gasteiger partial charge in [0.15, 0.2) is 0 Å². The van der Waals surface area contributed by atoms with Crippen molar-refractivity contribution in [2.45, 2.75) is 6.92 Å². The topological polar surface area (TPSA) is 61.4 Å². The lowest BCUT2D eigenvalue weighted by Gasteiger charge is -2.36. The van der Waals surface area contributed by atoms with Crippen LogP contribution in [0.25, 0.3) is 0 Å². The second-order valence-electron chi connectivity index (χ2n) is 6.89. The van der Waals surface area contributed by atoms with Crippen LogP contribution in [0.3, 0.4) is 0 Å². The molecule has 4 rings (SSSR count). The van der Waals surface area contributed by atoms with Crippen molar-refractivity contribution in [3.8, 4) is 0 Å². The summed E-state index contributed by atoms with van der Waals surface area (Å²) >= 11 is 0. The number of aromatic nitrogens is 2. The molecule has 0 saturated carbocycles. The summed E-state index contributed by atoms with van der Waals surface area (Å²) < 4.78 is 0. The van der Waals surface area contributed by atoms with Gasteiger partial charge in [0.2, 0.25) is 0 Å².